The highest BCUT2D eigenvalue weighted by molar-refractivity contribution is 9.10. The Balaban J connectivity index is 2.25. The van der Waals surface area contributed by atoms with Gasteiger partial charge in [-0.1, -0.05) is 28.1 Å². The van der Waals surface area contributed by atoms with Crippen molar-refractivity contribution in [3.63, 3.8) is 0 Å². The minimum atomic E-state index is -3.47. The summed E-state index contributed by atoms with van der Waals surface area (Å²) in [5, 5.41) is 1.89. The van der Waals surface area contributed by atoms with Gasteiger partial charge >= 0.3 is 0 Å². The van der Waals surface area contributed by atoms with Crippen LogP contribution in [0, 0.1) is 0 Å². The zero-order valence-electron chi connectivity index (χ0n) is 11.1. The normalized spacial score (nSPS) is 13.6. The van der Waals surface area contributed by atoms with E-state index in [9.17, 15) is 8.42 Å². The molecule has 1 unspecified atom stereocenters. The Hall–Kier alpha value is -0.950. The molecule has 2 rings (SSSR count). The topological polar surface area (TPSA) is 72.2 Å². The van der Waals surface area contributed by atoms with Gasteiger partial charge in [-0.25, -0.2) is 13.1 Å². The summed E-state index contributed by atoms with van der Waals surface area (Å²) in [6, 6.07) is 10.8. The van der Waals surface area contributed by atoms with E-state index in [-0.39, 0.29) is 10.9 Å². The third-order valence-corrected chi connectivity index (χ3v) is 4.93. The molecule has 2 aromatic rings. The van der Waals surface area contributed by atoms with Crippen LogP contribution in [0.4, 0.5) is 0 Å². The van der Waals surface area contributed by atoms with Crippen LogP contribution in [0.3, 0.4) is 0 Å². The summed E-state index contributed by atoms with van der Waals surface area (Å²) in [6.07, 6.45) is 0.611. The van der Waals surface area contributed by atoms with Crippen molar-refractivity contribution in [2.45, 2.75) is 24.3 Å². The first-order chi connectivity index (χ1) is 9.38. The first kappa shape index (κ1) is 15.4. The van der Waals surface area contributed by atoms with Gasteiger partial charge < -0.3 is 5.73 Å². The molecular weight excluding hydrogens is 340 g/mol. The first-order valence-electron chi connectivity index (χ1n) is 6.33. The van der Waals surface area contributed by atoms with Gasteiger partial charge in [0.25, 0.3) is 0 Å². The van der Waals surface area contributed by atoms with Crippen LogP contribution in [-0.4, -0.2) is 21.0 Å². The first-order valence-corrected chi connectivity index (χ1v) is 8.61. The molecule has 20 heavy (non-hydrogen) atoms. The Bertz CT molecular complexity index is 714. The molecule has 0 spiro atoms. The molecule has 0 bridgehead atoms. The zero-order chi connectivity index (χ0) is 14.8. The average molecular weight is 357 g/mol. The molecule has 0 amide bonds. The molecule has 0 aromatic heterocycles. The molecule has 4 nitrogen and oxygen atoms in total. The molecule has 0 aliphatic carbocycles. The Morgan fingerprint density at radius 2 is 1.85 bits per heavy atom. The Morgan fingerprint density at radius 1 is 1.20 bits per heavy atom. The summed E-state index contributed by atoms with van der Waals surface area (Å²) in [5.41, 5.74) is 5.61. The van der Waals surface area contributed by atoms with Crippen LogP contribution in [0.2, 0.25) is 0 Å². The number of nitrogens with one attached hydrogen (secondary N) is 1. The van der Waals surface area contributed by atoms with E-state index in [2.05, 4.69) is 20.7 Å². The second-order valence-electron chi connectivity index (χ2n) is 4.82. The molecule has 0 aliphatic heterocycles. The van der Waals surface area contributed by atoms with Crippen LogP contribution < -0.4 is 10.5 Å². The smallest absolute Gasteiger partial charge is 0.240 e. The lowest BCUT2D eigenvalue weighted by atomic mass is 10.1. The highest BCUT2D eigenvalue weighted by atomic mass is 79.9. The Labute approximate surface area is 127 Å². The maximum Gasteiger partial charge on any atom is 0.240 e. The number of halogens is 1. The van der Waals surface area contributed by atoms with Gasteiger partial charge in [-0.15, -0.1) is 0 Å². The van der Waals surface area contributed by atoms with E-state index in [0.717, 1.165) is 15.2 Å². The molecule has 0 saturated carbocycles. The molecule has 0 radical (unpaired) electrons. The van der Waals surface area contributed by atoms with Crippen molar-refractivity contribution in [2.24, 2.45) is 5.73 Å². The van der Waals surface area contributed by atoms with Crippen LogP contribution >= 0.6 is 15.9 Å². The average Bonchev–Trinajstić information content (AvgIpc) is 2.37. The molecule has 2 aromatic carbocycles. The van der Waals surface area contributed by atoms with Crippen LogP contribution in [-0.2, 0) is 10.0 Å². The third-order valence-electron chi connectivity index (χ3n) is 2.98. The van der Waals surface area contributed by atoms with Gasteiger partial charge in [-0.3, -0.25) is 0 Å². The van der Waals surface area contributed by atoms with E-state index in [0.29, 0.717) is 13.0 Å². The maximum absolute atomic E-state index is 12.2. The van der Waals surface area contributed by atoms with E-state index in [4.69, 9.17) is 5.73 Å². The second kappa shape index (κ2) is 6.22. The molecule has 0 saturated heterocycles. The van der Waals surface area contributed by atoms with E-state index < -0.39 is 10.0 Å². The third kappa shape index (κ3) is 3.79. The van der Waals surface area contributed by atoms with E-state index in [1.807, 2.05) is 25.1 Å². The number of benzene rings is 2. The van der Waals surface area contributed by atoms with Crippen molar-refractivity contribution in [3.8, 4) is 0 Å². The molecular formula is C14H17BrN2O2S. The van der Waals surface area contributed by atoms with Crippen molar-refractivity contribution in [1.82, 2.24) is 4.72 Å². The standard InChI is InChI=1S/C14H17BrN2O2S/c1-10(16)6-7-17-20(18,19)14-5-3-11-8-13(15)4-2-12(11)9-14/h2-5,8-10,17H,6-7,16H2,1H3. The molecule has 0 aliphatic rings. The van der Waals surface area contributed by atoms with Gasteiger partial charge in [0.05, 0.1) is 4.90 Å². The highest BCUT2D eigenvalue weighted by Gasteiger charge is 2.14. The second-order valence-corrected chi connectivity index (χ2v) is 7.50. The maximum atomic E-state index is 12.2. The number of sulfonamides is 1. The Morgan fingerprint density at radius 3 is 2.55 bits per heavy atom. The lowest BCUT2D eigenvalue weighted by Crippen LogP contribution is -2.29. The number of fused-ring (bicyclic) bond motifs is 1. The van der Waals surface area contributed by atoms with Gasteiger partial charge in [0.2, 0.25) is 10.0 Å². The minimum Gasteiger partial charge on any atom is -0.328 e. The molecule has 0 fully saturated rings. The Kier molecular flexibility index (Phi) is 4.80. The van der Waals surface area contributed by atoms with Crippen LogP contribution in [0.1, 0.15) is 13.3 Å². The number of rotatable bonds is 5. The fourth-order valence-electron chi connectivity index (χ4n) is 1.87. The summed E-state index contributed by atoms with van der Waals surface area (Å²) >= 11 is 3.40. The van der Waals surface area contributed by atoms with Crippen LogP contribution in [0.25, 0.3) is 10.8 Å². The fourth-order valence-corrected chi connectivity index (χ4v) is 3.33. The van der Waals surface area contributed by atoms with Crippen molar-refractivity contribution in [2.75, 3.05) is 6.54 Å². The van der Waals surface area contributed by atoms with Crippen molar-refractivity contribution < 1.29 is 8.42 Å². The minimum absolute atomic E-state index is 0.0216. The monoisotopic (exact) mass is 356 g/mol. The van der Waals surface area contributed by atoms with E-state index >= 15 is 0 Å². The summed E-state index contributed by atoms with van der Waals surface area (Å²) < 4.78 is 27.9. The molecule has 0 heterocycles. The van der Waals surface area contributed by atoms with Gasteiger partial charge in [0.1, 0.15) is 0 Å². The zero-order valence-corrected chi connectivity index (χ0v) is 13.5. The van der Waals surface area contributed by atoms with Crippen molar-refractivity contribution in [3.05, 3.63) is 40.9 Å². The van der Waals surface area contributed by atoms with Gasteiger partial charge in [0.15, 0.2) is 0 Å². The fraction of sp³-hybridized carbons (Fsp3) is 0.286. The predicted molar refractivity (Wildman–Crippen MR) is 85.1 cm³/mol. The summed E-state index contributed by atoms with van der Waals surface area (Å²) in [5.74, 6) is 0. The predicted octanol–water partition coefficient (Wildman–Crippen LogP) is 2.62. The number of nitrogens with two attached hydrogens (primary N) is 1. The molecule has 1 atom stereocenters. The molecule has 6 heteroatoms. The van der Waals surface area contributed by atoms with Gasteiger partial charge in [-0.05, 0) is 48.4 Å². The molecule has 3 N–H and O–H groups in total. The summed E-state index contributed by atoms with van der Waals surface area (Å²) in [6.45, 7) is 2.19. The van der Waals surface area contributed by atoms with Gasteiger partial charge in [-0.2, -0.15) is 0 Å². The summed E-state index contributed by atoms with van der Waals surface area (Å²) in [7, 11) is -3.47. The van der Waals surface area contributed by atoms with Crippen molar-refractivity contribution >= 4 is 36.7 Å². The van der Waals surface area contributed by atoms with Crippen LogP contribution in [0.5, 0.6) is 0 Å². The van der Waals surface area contributed by atoms with Crippen molar-refractivity contribution in [1.29, 1.82) is 0 Å². The highest BCUT2D eigenvalue weighted by Crippen LogP contribution is 2.22. The lowest BCUT2D eigenvalue weighted by Gasteiger charge is -2.09. The lowest BCUT2D eigenvalue weighted by molar-refractivity contribution is 0.572. The van der Waals surface area contributed by atoms with Crippen LogP contribution in [0.15, 0.2) is 45.8 Å². The number of hydrogen-bond acceptors (Lipinski definition) is 3. The largest absolute Gasteiger partial charge is 0.328 e. The SMILES string of the molecule is CC(N)CCNS(=O)(=O)c1ccc2cc(Br)ccc2c1. The number of hydrogen-bond donors (Lipinski definition) is 2. The van der Waals surface area contributed by atoms with E-state index in [1.54, 1.807) is 18.2 Å². The van der Waals surface area contributed by atoms with E-state index in [1.165, 1.54) is 0 Å². The van der Waals surface area contributed by atoms with Gasteiger partial charge in [0, 0.05) is 17.1 Å². The summed E-state index contributed by atoms with van der Waals surface area (Å²) in [4.78, 5) is 0.275. The molecule has 108 valence electrons. The quantitative estimate of drug-likeness (QED) is 0.864.